The zero-order chi connectivity index (χ0) is 14.8. The molecule has 4 nitrogen and oxygen atoms in total. The Morgan fingerprint density at radius 1 is 1.42 bits per heavy atom. The smallest absolute Gasteiger partial charge is 0.245 e. The van der Waals surface area contributed by atoms with Crippen LogP contribution in [0.1, 0.15) is 20.3 Å². The Morgan fingerprint density at radius 3 is 2.53 bits per heavy atom. The first-order valence-corrected chi connectivity index (χ1v) is 7.69. The van der Waals surface area contributed by atoms with E-state index in [0.29, 0.717) is 18.9 Å². The van der Waals surface area contributed by atoms with Gasteiger partial charge in [0.1, 0.15) is 4.90 Å². The molecule has 108 valence electrons. The highest BCUT2D eigenvalue weighted by Gasteiger charge is 2.26. The van der Waals surface area contributed by atoms with Crippen molar-refractivity contribution in [2.45, 2.75) is 25.2 Å². The molecule has 0 aliphatic heterocycles. The number of hydrogen-bond donors (Lipinski definition) is 1. The standard InChI is InChI=1S/C12H18ClFN2O2S/c1-8(2)4-5-16(3)19(17,18)11-7-9(15)6-10(13)12(11)14/h6-8H,4-5,15H2,1-3H3. The lowest BCUT2D eigenvalue weighted by Gasteiger charge is -2.19. The van der Waals surface area contributed by atoms with Gasteiger partial charge in [0.05, 0.1) is 5.02 Å². The summed E-state index contributed by atoms with van der Waals surface area (Å²) < 4.78 is 39.4. The van der Waals surface area contributed by atoms with Crippen LogP contribution in [0.15, 0.2) is 17.0 Å². The first-order chi connectivity index (χ1) is 8.66. The molecule has 0 bridgehead atoms. The molecule has 0 radical (unpaired) electrons. The molecular formula is C12H18ClFN2O2S. The number of nitrogens with two attached hydrogens (primary N) is 1. The molecule has 0 amide bonds. The predicted octanol–water partition coefficient (Wildman–Crippen LogP) is 2.73. The molecule has 1 aromatic carbocycles. The minimum Gasteiger partial charge on any atom is -0.399 e. The van der Waals surface area contributed by atoms with Gasteiger partial charge in [0.25, 0.3) is 0 Å². The van der Waals surface area contributed by atoms with Crippen LogP contribution in [0, 0.1) is 11.7 Å². The molecule has 0 unspecified atom stereocenters. The van der Waals surface area contributed by atoms with Crippen LogP contribution in [0.4, 0.5) is 10.1 Å². The number of nitrogens with zero attached hydrogens (tertiary/aromatic N) is 1. The highest BCUT2D eigenvalue weighted by molar-refractivity contribution is 7.89. The molecule has 19 heavy (non-hydrogen) atoms. The normalized spacial score (nSPS) is 12.4. The number of rotatable bonds is 5. The summed E-state index contributed by atoms with van der Waals surface area (Å²) in [7, 11) is -2.51. The van der Waals surface area contributed by atoms with Gasteiger partial charge < -0.3 is 5.73 Å². The quantitative estimate of drug-likeness (QED) is 0.851. The Bertz CT molecular complexity index is 561. The van der Waals surface area contributed by atoms with E-state index in [9.17, 15) is 12.8 Å². The van der Waals surface area contributed by atoms with E-state index in [4.69, 9.17) is 17.3 Å². The van der Waals surface area contributed by atoms with E-state index in [2.05, 4.69) is 0 Å². The molecule has 0 aliphatic carbocycles. The Morgan fingerprint density at radius 2 is 2.00 bits per heavy atom. The second-order valence-electron chi connectivity index (χ2n) is 4.82. The van der Waals surface area contributed by atoms with Gasteiger partial charge in [0, 0.05) is 19.3 Å². The van der Waals surface area contributed by atoms with Gasteiger partial charge in [-0.1, -0.05) is 25.4 Å². The number of hydrogen-bond acceptors (Lipinski definition) is 3. The molecule has 2 N–H and O–H groups in total. The number of sulfonamides is 1. The van der Waals surface area contributed by atoms with Crippen molar-refractivity contribution in [3.05, 3.63) is 23.0 Å². The minimum absolute atomic E-state index is 0.113. The number of benzene rings is 1. The third-order valence-corrected chi connectivity index (χ3v) is 4.86. The summed E-state index contributed by atoms with van der Waals surface area (Å²) in [4.78, 5) is -0.483. The molecule has 7 heteroatoms. The van der Waals surface area contributed by atoms with Crippen LogP contribution in [0.5, 0.6) is 0 Å². The third kappa shape index (κ3) is 3.81. The summed E-state index contributed by atoms with van der Waals surface area (Å²) in [5, 5.41) is -0.296. The lowest BCUT2D eigenvalue weighted by molar-refractivity contribution is 0.424. The van der Waals surface area contributed by atoms with E-state index in [1.165, 1.54) is 13.1 Å². The first kappa shape index (κ1) is 16.2. The van der Waals surface area contributed by atoms with Crippen LogP contribution in [0.25, 0.3) is 0 Å². The maximum atomic E-state index is 13.8. The van der Waals surface area contributed by atoms with Crippen LogP contribution in [-0.4, -0.2) is 26.3 Å². The van der Waals surface area contributed by atoms with Crippen LogP contribution < -0.4 is 5.73 Å². The van der Waals surface area contributed by atoms with Crippen molar-refractivity contribution in [3.63, 3.8) is 0 Å². The fourth-order valence-corrected chi connectivity index (χ4v) is 3.09. The molecule has 1 aromatic rings. The average Bonchev–Trinajstić information content (AvgIpc) is 2.30. The molecule has 0 fully saturated rings. The van der Waals surface area contributed by atoms with Gasteiger partial charge in [0.15, 0.2) is 5.82 Å². The largest absolute Gasteiger partial charge is 0.399 e. The maximum absolute atomic E-state index is 13.8. The second kappa shape index (κ2) is 6.07. The fourth-order valence-electron chi connectivity index (χ4n) is 1.50. The number of nitrogen functional groups attached to an aromatic ring is 1. The number of anilines is 1. The van der Waals surface area contributed by atoms with E-state index in [0.717, 1.165) is 10.4 Å². The Kier molecular flexibility index (Phi) is 5.18. The zero-order valence-electron chi connectivity index (χ0n) is 11.2. The molecule has 1 rings (SSSR count). The molecule has 0 saturated heterocycles. The van der Waals surface area contributed by atoms with E-state index in [1.807, 2.05) is 13.8 Å². The maximum Gasteiger partial charge on any atom is 0.245 e. The van der Waals surface area contributed by atoms with Crippen LogP contribution in [0.3, 0.4) is 0 Å². The average molecular weight is 309 g/mol. The van der Waals surface area contributed by atoms with Gasteiger partial charge in [-0.15, -0.1) is 0 Å². The molecular weight excluding hydrogens is 291 g/mol. The van der Waals surface area contributed by atoms with Gasteiger partial charge in [-0.2, -0.15) is 0 Å². The molecule has 0 heterocycles. The third-order valence-electron chi connectivity index (χ3n) is 2.73. The Balaban J connectivity index is 3.13. The second-order valence-corrected chi connectivity index (χ2v) is 7.24. The van der Waals surface area contributed by atoms with Crippen molar-refractivity contribution in [1.29, 1.82) is 0 Å². The molecule has 0 spiro atoms. The monoisotopic (exact) mass is 308 g/mol. The number of halogens is 2. The van der Waals surface area contributed by atoms with Crippen LogP contribution in [0.2, 0.25) is 5.02 Å². The van der Waals surface area contributed by atoms with E-state index in [1.54, 1.807) is 0 Å². The van der Waals surface area contributed by atoms with Crippen molar-refractivity contribution >= 4 is 27.3 Å². The van der Waals surface area contributed by atoms with Gasteiger partial charge in [-0.05, 0) is 24.5 Å². The molecule has 0 aliphatic rings. The summed E-state index contributed by atoms with van der Waals surface area (Å²) in [6.07, 6.45) is 0.688. The molecule has 0 aromatic heterocycles. The summed E-state index contributed by atoms with van der Waals surface area (Å²) >= 11 is 5.62. The Hall–Kier alpha value is -0.850. The van der Waals surface area contributed by atoms with Crippen molar-refractivity contribution in [3.8, 4) is 0 Å². The van der Waals surface area contributed by atoms with E-state index >= 15 is 0 Å². The first-order valence-electron chi connectivity index (χ1n) is 5.87. The summed E-state index contributed by atoms with van der Waals surface area (Å²) in [5.41, 5.74) is 5.63. The van der Waals surface area contributed by atoms with Gasteiger partial charge in [0.2, 0.25) is 10.0 Å². The summed E-state index contributed by atoms with van der Waals surface area (Å²) in [5.74, 6) is -0.612. The van der Waals surface area contributed by atoms with Gasteiger partial charge in [-0.3, -0.25) is 0 Å². The van der Waals surface area contributed by atoms with Crippen LogP contribution in [-0.2, 0) is 10.0 Å². The van der Waals surface area contributed by atoms with Crippen LogP contribution >= 0.6 is 11.6 Å². The van der Waals surface area contributed by atoms with E-state index < -0.39 is 20.7 Å². The van der Waals surface area contributed by atoms with Crippen molar-refractivity contribution in [2.75, 3.05) is 19.3 Å². The molecule has 0 atom stereocenters. The van der Waals surface area contributed by atoms with Gasteiger partial charge >= 0.3 is 0 Å². The topological polar surface area (TPSA) is 63.4 Å². The lowest BCUT2D eigenvalue weighted by atomic mass is 10.1. The van der Waals surface area contributed by atoms with Gasteiger partial charge in [-0.25, -0.2) is 17.1 Å². The van der Waals surface area contributed by atoms with Crippen molar-refractivity contribution < 1.29 is 12.8 Å². The summed E-state index contributed by atoms with van der Waals surface area (Å²) in [6.45, 7) is 4.28. The SMILES string of the molecule is CC(C)CCN(C)S(=O)(=O)c1cc(N)cc(Cl)c1F. The summed E-state index contributed by atoms with van der Waals surface area (Å²) in [6, 6.07) is 2.27. The highest BCUT2D eigenvalue weighted by Crippen LogP contribution is 2.27. The van der Waals surface area contributed by atoms with E-state index in [-0.39, 0.29) is 10.7 Å². The zero-order valence-corrected chi connectivity index (χ0v) is 12.7. The van der Waals surface area contributed by atoms with Crippen molar-refractivity contribution in [1.82, 2.24) is 4.31 Å². The molecule has 0 saturated carbocycles. The van der Waals surface area contributed by atoms with Crippen molar-refractivity contribution in [2.24, 2.45) is 5.92 Å². The fraction of sp³-hybridized carbons (Fsp3) is 0.500. The highest BCUT2D eigenvalue weighted by atomic mass is 35.5. The lowest BCUT2D eigenvalue weighted by Crippen LogP contribution is -2.29. The predicted molar refractivity (Wildman–Crippen MR) is 75.1 cm³/mol. The Labute approximate surface area is 118 Å². The minimum atomic E-state index is -3.92.